The van der Waals surface area contributed by atoms with Crippen molar-refractivity contribution < 1.29 is 4.48 Å². The first kappa shape index (κ1) is 13.9. The minimum absolute atomic E-state index is 1.15. The maximum absolute atomic E-state index is 2.46. The van der Waals surface area contributed by atoms with Crippen LogP contribution in [0.1, 0.15) is 33.1 Å². The van der Waals surface area contributed by atoms with Crippen molar-refractivity contribution in [3.8, 4) is 0 Å². The molecule has 0 aliphatic heterocycles. The van der Waals surface area contributed by atoms with Crippen molar-refractivity contribution in [3.05, 3.63) is 0 Å². The van der Waals surface area contributed by atoms with Gasteiger partial charge in [0.05, 0.1) is 27.2 Å². The lowest BCUT2D eigenvalue weighted by atomic mass is 10.3. The second kappa shape index (κ2) is 7.24. The molecule has 0 N–H and O–H groups in total. The van der Waals surface area contributed by atoms with E-state index in [2.05, 4.69) is 39.9 Å². The summed E-state index contributed by atoms with van der Waals surface area (Å²) >= 11 is 0. The highest BCUT2D eigenvalue weighted by Crippen LogP contribution is 2.00. The van der Waals surface area contributed by atoms with E-state index < -0.39 is 0 Å². The molecule has 86 valence electrons. The number of hydrogen-bond donors (Lipinski definition) is 0. The van der Waals surface area contributed by atoms with Crippen LogP contribution in [-0.2, 0) is 0 Å². The van der Waals surface area contributed by atoms with Gasteiger partial charge in [0, 0.05) is 13.0 Å². The second-order valence-corrected chi connectivity index (χ2v) is 4.99. The Morgan fingerprint density at radius 1 is 1.00 bits per heavy atom. The normalized spacial score (nSPS) is 12.4. The molecule has 0 bridgehead atoms. The Morgan fingerprint density at radius 2 is 1.57 bits per heavy atom. The molecule has 0 heterocycles. The van der Waals surface area contributed by atoms with Crippen LogP contribution in [0.4, 0.5) is 0 Å². The topological polar surface area (TPSA) is 3.24 Å². The van der Waals surface area contributed by atoms with Crippen LogP contribution in [0.15, 0.2) is 0 Å². The molecule has 14 heavy (non-hydrogen) atoms. The van der Waals surface area contributed by atoms with Crippen LogP contribution in [0.3, 0.4) is 0 Å². The van der Waals surface area contributed by atoms with Crippen LogP contribution < -0.4 is 0 Å². The lowest BCUT2D eigenvalue weighted by Gasteiger charge is -2.29. The monoisotopic (exact) mass is 201 g/mol. The van der Waals surface area contributed by atoms with Gasteiger partial charge in [-0.3, -0.25) is 0 Å². The minimum Gasteiger partial charge on any atom is -0.329 e. The van der Waals surface area contributed by atoms with E-state index in [4.69, 9.17) is 0 Å². The Morgan fingerprint density at radius 3 is 2.07 bits per heavy atom. The molecule has 0 saturated carbocycles. The molecule has 0 aromatic rings. The van der Waals surface area contributed by atoms with E-state index in [0.29, 0.717) is 0 Å². The lowest BCUT2D eigenvalue weighted by molar-refractivity contribution is -0.888. The van der Waals surface area contributed by atoms with Gasteiger partial charge in [-0.25, -0.2) is 0 Å². The van der Waals surface area contributed by atoms with Gasteiger partial charge >= 0.3 is 0 Å². The number of rotatable bonds is 8. The lowest BCUT2D eigenvalue weighted by Crippen LogP contribution is -2.41. The van der Waals surface area contributed by atoms with Crippen LogP contribution in [0.2, 0.25) is 0 Å². The van der Waals surface area contributed by atoms with Crippen molar-refractivity contribution in [1.82, 2.24) is 4.90 Å². The second-order valence-electron chi connectivity index (χ2n) is 4.99. The molecule has 0 amide bonds. The number of quaternary nitrogens is 1. The molecule has 0 aliphatic rings. The Bertz CT molecular complexity index is 132. The van der Waals surface area contributed by atoms with Crippen molar-refractivity contribution >= 4 is 0 Å². The van der Waals surface area contributed by atoms with Crippen molar-refractivity contribution in [3.63, 3.8) is 0 Å². The summed E-state index contributed by atoms with van der Waals surface area (Å²) in [5, 5.41) is 0. The molecule has 0 atom stereocenters. The first-order valence-corrected chi connectivity index (χ1v) is 6.02. The van der Waals surface area contributed by atoms with Crippen molar-refractivity contribution in [2.75, 3.05) is 47.3 Å². The largest absolute Gasteiger partial charge is 0.329 e. The first-order chi connectivity index (χ1) is 6.52. The molecule has 0 rings (SSSR count). The fourth-order valence-corrected chi connectivity index (χ4v) is 1.47. The summed E-state index contributed by atoms with van der Waals surface area (Å²) in [4.78, 5) is 2.46. The molecule has 0 aromatic heterocycles. The molecule has 0 fully saturated rings. The molecule has 0 radical (unpaired) electrons. The van der Waals surface area contributed by atoms with Crippen LogP contribution in [-0.4, -0.2) is 56.7 Å². The van der Waals surface area contributed by atoms with Gasteiger partial charge in [-0.1, -0.05) is 13.3 Å². The summed E-state index contributed by atoms with van der Waals surface area (Å²) in [7, 11) is 6.86. The molecule has 2 heteroatoms. The molecule has 0 spiro atoms. The summed E-state index contributed by atoms with van der Waals surface area (Å²) in [6.45, 7) is 9.56. The smallest absolute Gasteiger partial charge is 0.0794 e. The van der Waals surface area contributed by atoms with Gasteiger partial charge in [0.2, 0.25) is 0 Å². The van der Waals surface area contributed by atoms with E-state index in [1.165, 1.54) is 45.4 Å². The molecule has 0 saturated heterocycles. The SMILES string of the molecule is CCCCN(C)CCC[N+](C)(C)CC. The van der Waals surface area contributed by atoms with Crippen molar-refractivity contribution in [2.24, 2.45) is 0 Å². The van der Waals surface area contributed by atoms with Gasteiger partial charge < -0.3 is 9.38 Å². The zero-order chi connectivity index (χ0) is 11.0. The third-order valence-corrected chi connectivity index (χ3v) is 3.05. The summed E-state index contributed by atoms with van der Waals surface area (Å²) in [6, 6.07) is 0. The van der Waals surface area contributed by atoms with E-state index in [1.807, 2.05) is 0 Å². The van der Waals surface area contributed by atoms with Gasteiger partial charge in [-0.15, -0.1) is 0 Å². The Labute approximate surface area is 90.5 Å². The minimum atomic E-state index is 1.15. The summed E-state index contributed by atoms with van der Waals surface area (Å²) in [5.41, 5.74) is 0. The predicted octanol–water partition coefficient (Wildman–Crippen LogP) is 2.20. The van der Waals surface area contributed by atoms with Gasteiger partial charge in [-0.05, 0) is 26.9 Å². The van der Waals surface area contributed by atoms with Crippen LogP contribution in [0, 0.1) is 0 Å². The quantitative estimate of drug-likeness (QED) is 0.544. The molecule has 0 unspecified atom stereocenters. The fraction of sp³-hybridized carbons (Fsp3) is 1.00. The molecule has 0 aliphatic carbocycles. The van der Waals surface area contributed by atoms with Gasteiger partial charge in [0.1, 0.15) is 0 Å². The highest BCUT2D eigenvalue weighted by atomic mass is 15.3. The van der Waals surface area contributed by atoms with Crippen LogP contribution in [0.25, 0.3) is 0 Å². The van der Waals surface area contributed by atoms with Gasteiger partial charge in [-0.2, -0.15) is 0 Å². The zero-order valence-corrected chi connectivity index (χ0v) is 10.8. The molecule has 2 nitrogen and oxygen atoms in total. The molecular weight excluding hydrogens is 172 g/mol. The number of nitrogens with zero attached hydrogens (tertiary/aromatic N) is 2. The third-order valence-electron chi connectivity index (χ3n) is 3.05. The average Bonchev–Trinajstić information content (AvgIpc) is 2.14. The summed E-state index contributed by atoms with van der Waals surface area (Å²) in [6.07, 6.45) is 3.96. The standard InChI is InChI=1S/C12H29N2/c1-6-8-10-13(3)11-9-12-14(4,5)7-2/h6-12H2,1-5H3/q+1. The van der Waals surface area contributed by atoms with E-state index in [9.17, 15) is 0 Å². The number of unbranched alkanes of at least 4 members (excludes halogenated alkanes) is 1. The fourth-order valence-electron chi connectivity index (χ4n) is 1.47. The average molecular weight is 201 g/mol. The predicted molar refractivity (Wildman–Crippen MR) is 64.5 cm³/mol. The van der Waals surface area contributed by atoms with E-state index in [0.717, 1.165) is 4.48 Å². The summed E-state index contributed by atoms with van der Waals surface area (Å²) in [5.74, 6) is 0. The Kier molecular flexibility index (Phi) is 7.20. The van der Waals surface area contributed by atoms with Crippen molar-refractivity contribution in [2.45, 2.75) is 33.1 Å². The van der Waals surface area contributed by atoms with E-state index in [-0.39, 0.29) is 0 Å². The van der Waals surface area contributed by atoms with Crippen molar-refractivity contribution in [1.29, 1.82) is 0 Å². The zero-order valence-electron chi connectivity index (χ0n) is 10.8. The molecular formula is C12H29N2+. The van der Waals surface area contributed by atoms with Crippen LogP contribution in [0.5, 0.6) is 0 Å². The van der Waals surface area contributed by atoms with E-state index in [1.54, 1.807) is 0 Å². The Balaban J connectivity index is 3.43. The first-order valence-electron chi connectivity index (χ1n) is 6.02. The third kappa shape index (κ3) is 7.34. The number of hydrogen-bond acceptors (Lipinski definition) is 1. The highest BCUT2D eigenvalue weighted by molar-refractivity contribution is 4.50. The Hall–Kier alpha value is -0.0800. The highest BCUT2D eigenvalue weighted by Gasteiger charge is 2.10. The van der Waals surface area contributed by atoms with Gasteiger partial charge in [0.25, 0.3) is 0 Å². The maximum Gasteiger partial charge on any atom is 0.0794 e. The molecule has 0 aromatic carbocycles. The maximum atomic E-state index is 2.46. The van der Waals surface area contributed by atoms with Gasteiger partial charge in [0.15, 0.2) is 0 Å². The van der Waals surface area contributed by atoms with E-state index >= 15 is 0 Å². The summed E-state index contributed by atoms with van der Waals surface area (Å²) < 4.78 is 1.15. The van der Waals surface area contributed by atoms with Crippen LogP contribution >= 0.6 is 0 Å².